The molecule has 3 aromatic rings. The summed E-state index contributed by atoms with van der Waals surface area (Å²) in [7, 11) is 0. The molecular formula is C43H64Cl2Zr-2. The zero-order chi connectivity index (χ0) is 34.2. The SMILES string of the molecule is CC(C)(C)c1cc2[cH-]c3cc(C(C)(C)C)c(C(C)(C)C)cc3c2cc1C(C)(C)C.CCC1[C-]=CC(C(C)(C)C)=C1.C[C](C)=[Zr+2].[Cl-].[Cl-]. The minimum absolute atomic E-state index is 0. The van der Waals surface area contributed by atoms with E-state index in [-0.39, 0.29) is 46.5 Å². The summed E-state index contributed by atoms with van der Waals surface area (Å²) < 4.78 is 1.51. The summed E-state index contributed by atoms with van der Waals surface area (Å²) >= 11 is 1.55. The van der Waals surface area contributed by atoms with E-state index < -0.39 is 0 Å². The summed E-state index contributed by atoms with van der Waals surface area (Å²) in [6.45, 7) is 41.2. The van der Waals surface area contributed by atoms with Gasteiger partial charge in [-0.3, -0.25) is 6.08 Å². The molecule has 0 heterocycles. The number of benzene rings is 2. The summed E-state index contributed by atoms with van der Waals surface area (Å²) in [4.78, 5) is 0. The summed E-state index contributed by atoms with van der Waals surface area (Å²) in [6.07, 6.45) is 9.00. The fourth-order valence-corrected chi connectivity index (χ4v) is 5.80. The molecule has 0 saturated heterocycles. The monoisotopic (exact) mass is 740 g/mol. The van der Waals surface area contributed by atoms with Crippen molar-refractivity contribution >= 4 is 24.8 Å². The molecule has 1 aliphatic rings. The number of hydrogen-bond acceptors (Lipinski definition) is 0. The van der Waals surface area contributed by atoms with E-state index >= 15 is 0 Å². The zero-order valence-electron chi connectivity index (χ0n) is 32.6. The molecule has 256 valence electrons. The molecule has 4 rings (SSSR count). The molecule has 1 aliphatic carbocycles. The average Bonchev–Trinajstić information content (AvgIpc) is 3.44. The molecule has 0 aliphatic heterocycles. The first-order valence-electron chi connectivity index (χ1n) is 16.7. The molecule has 46 heavy (non-hydrogen) atoms. The smallest absolute Gasteiger partial charge is 1.00 e. The quantitative estimate of drug-likeness (QED) is 0.236. The van der Waals surface area contributed by atoms with Gasteiger partial charge in [0.15, 0.2) is 0 Å². The number of halogens is 2. The fraction of sp³-hybridized carbons (Fsp3) is 0.581. The van der Waals surface area contributed by atoms with Crippen LogP contribution in [0.3, 0.4) is 0 Å². The third-order valence-electron chi connectivity index (χ3n) is 8.35. The van der Waals surface area contributed by atoms with Gasteiger partial charge in [-0.25, -0.2) is 6.08 Å². The topological polar surface area (TPSA) is 0 Å². The Kier molecular flexibility index (Phi) is 15.9. The zero-order valence-corrected chi connectivity index (χ0v) is 36.6. The predicted molar refractivity (Wildman–Crippen MR) is 197 cm³/mol. The van der Waals surface area contributed by atoms with Gasteiger partial charge >= 0.3 is 41.3 Å². The Morgan fingerprint density at radius 2 is 0.913 bits per heavy atom. The molecule has 0 nitrogen and oxygen atoms in total. The molecule has 0 saturated carbocycles. The van der Waals surface area contributed by atoms with Crippen molar-refractivity contribution in [2.24, 2.45) is 11.3 Å². The van der Waals surface area contributed by atoms with Crippen LogP contribution in [0.1, 0.15) is 153 Å². The third-order valence-corrected chi connectivity index (χ3v) is 8.35. The molecular weight excluding hydrogens is 679 g/mol. The number of rotatable bonds is 1. The summed E-state index contributed by atoms with van der Waals surface area (Å²) in [5, 5.41) is 5.57. The first-order valence-corrected chi connectivity index (χ1v) is 18.0. The van der Waals surface area contributed by atoms with Crippen molar-refractivity contribution in [3.63, 3.8) is 0 Å². The maximum atomic E-state index is 3.35. The maximum Gasteiger partial charge on any atom is -1.00 e. The normalized spacial score (nSPS) is 15.3. The summed E-state index contributed by atoms with van der Waals surface area (Å²) in [6, 6.07) is 12.3. The van der Waals surface area contributed by atoms with Crippen molar-refractivity contribution in [2.75, 3.05) is 0 Å². The van der Waals surface area contributed by atoms with Crippen LogP contribution < -0.4 is 24.8 Å². The molecule has 0 bridgehead atoms. The number of fused-ring (bicyclic) bond motifs is 3. The van der Waals surface area contributed by atoms with Gasteiger partial charge in [0.2, 0.25) is 0 Å². The van der Waals surface area contributed by atoms with Gasteiger partial charge in [-0.2, -0.15) is 11.6 Å². The van der Waals surface area contributed by atoms with E-state index in [0.29, 0.717) is 11.3 Å². The van der Waals surface area contributed by atoms with Crippen LogP contribution in [0.15, 0.2) is 48.1 Å². The van der Waals surface area contributed by atoms with Gasteiger partial charge in [0, 0.05) is 0 Å². The second-order valence-corrected chi connectivity index (χ2v) is 20.8. The van der Waals surface area contributed by atoms with Gasteiger partial charge in [0.1, 0.15) is 0 Å². The Morgan fingerprint density at radius 3 is 1.13 bits per heavy atom. The molecule has 0 fully saturated rings. The van der Waals surface area contributed by atoms with Gasteiger partial charge in [0.25, 0.3) is 0 Å². The Bertz CT molecular complexity index is 1430. The molecule has 3 heteroatoms. The Hall–Kier alpha value is -0.877. The van der Waals surface area contributed by atoms with E-state index in [4.69, 9.17) is 0 Å². The Morgan fingerprint density at radius 1 is 0.609 bits per heavy atom. The van der Waals surface area contributed by atoms with Crippen LogP contribution in [0.4, 0.5) is 0 Å². The first-order chi connectivity index (χ1) is 19.7. The average molecular weight is 743 g/mol. The van der Waals surface area contributed by atoms with Crippen molar-refractivity contribution in [2.45, 2.75) is 153 Å². The van der Waals surface area contributed by atoms with Gasteiger partial charge in [-0.15, -0.1) is 39.7 Å². The van der Waals surface area contributed by atoms with E-state index in [1.807, 2.05) is 0 Å². The van der Waals surface area contributed by atoms with Crippen LogP contribution >= 0.6 is 0 Å². The van der Waals surface area contributed by atoms with Gasteiger partial charge in [0.05, 0.1) is 0 Å². The fourth-order valence-electron chi connectivity index (χ4n) is 5.80. The van der Waals surface area contributed by atoms with E-state index in [1.54, 1.807) is 24.2 Å². The van der Waals surface area contributed by atoms with Crippen molar-refractivity contribution in [3.05, 3.63) is 76.4 Å². The standard InChI is InChI=1S/C29H41.C11H17.C3H6.2ClH.Zr/c1-26(2,3)22-14-18-13-19-15-23(27(4,5)6)25(29(10,11)12)17-21(19)20(18)16-24(22)28(7,8)9;1-5-9-6-7-10(8-9)11(2,3)4;1-3-2;;;/h13-17H,1-12H3;7-9H,5H2,1-4H3;1-2H3;2*1H;/q2*-1;;;;+2/p-2. The largest absolute Gasteiger partial charge is 1.00 e. The maximum absolute atomic E-state index is 3.35. The molecule has 0 N–H and O–H groups in total. The van der Waals surface area contributed by atoms with Gasteiger partial charge in [-0.05, 0) is 21.7 Å². The second-order valence-electron chi connectivity index (χ2n) is 18.3. The van der Waals surface area contributed by atoms with Crippen LogP contribution in [0.2, 0.25) is 0 Å². The minimum Gasteiger partial charge on any atom is -1.00 e. The van der Waals surface area contributed by atoms with Crippen LogP contribution in [0.5, 0.6) is 0 Å². The van der Waals surface area contributed by atoms with Crippen LogP contribution in [-0.2, 0) is 45.9 Å². The van der Waals surface area contributed by atoms with Crippen LogP contribution in [0.25, 0.3) is 21.5 Å². The molecule has 1 atom stereocenters. The number of hydrogen-bond donors (Lipinski definition) is 0. The van der Waals surface area contributed by atoms with Gasteiger partial charge < -0.3 is 24.8 Å². The van der Waals surface area contributed by atoms with E-state index in [0.717, 1.165) is 0 Å². The molecule has 0 amide bonds. The molecule has 0 spiro atoms. The van der Waals surface area contributed by atoms with E-state index in [1.165, 1.54) is 59.0 Å². The summed E-state index contributed by atoms with van der Waals surface area (Å²) in [5.74, 6) is 0.573. The summed E-state index contributed by atoms with van der Waals surface area (Å²) in [5.41, 5.74) is 8.14. The van der Waals surface area contributed by atoms with Gasteiger partial charge in [-0.1, -0.05) is 163 Å². The van der Waals surface area contributed by atoms with Crippen molar-refractivity contribution < 1.29 is 49.0 Å². The Balaban J connectivity index is 0.000000994. The predicted octanol–water partition coefficient (Wildman–Crippen LogP) is 7.01. The first kappa shape index (κ1) is 45.1. The van der Waals surface area contributed by atoms with E-state index in [9.17, 15) is 0 Å². The molecule has 0 radical (unpaired) electrons. The second kappa shape index (κ2) is 16.2. The van der Waals surface area contributed by atoms with Crippen molar-refractivity contribution in [1.82, 2.24) is 0 Å². The van der Waals surface area contributed by atoms with Crippen molar-refractivity contribution in [3.8, 4) is 0 Å². The van der Waals surface area contributed by atoms with E-state index in [2.05, 4.69) is 173 Å². The Labute approximate surface area is 312 Å². The minimum atomic E-state index is 0. The van der Waals surface area contributed by atoms with Crippen LogP contribution in [0, 0.1) is 17.4 Å². The molecule has 3 aromatic carbocycles. The molecule has 0 aromatic heterocycles. The van der Waals surface area contributed by atoms with Crippen LogP contribution in [-0.4, -0.2) is 3.21 Å². The molecule has 1 unspecified atom stereocenters. The number of allylic oxidation sites excluding steroid dienone is 4. The third kappa shape index (κ3) is 11.9. The van der Waals surface area contributed by atoms with Crippen molar-refractivity contribution in [1.29, 1.82) is 0 Å².